The monoisotopic (exact) mass is 170 g/mol. The lowest BCUT2D eigenvalue weighted by atomic mass is 10.5. The first kappa shape index (κ1) is 13.5. The van der Waals surface area contributed by atoms with Crippen LogP contribution in [0.2, 0.25) is 0 Å². The van der Waals surface area contributed by atoms with Crippen LogP contribution in [0.3, 0.4) is 0 Å². The van der Waals surface area contributed by atoms with Crippen LogP contribution in [0, 0.1) is 0 Å². The van der Waals surface area contributed by atoms with E-state index >= 15 is 0 Å². The van der Waals surface area contributed by atoms with Gasteiger partial charge in [-0.3, -0.25) is 4.79 Å². The molecular weight excluding hydrogens is 152 g/mol. The maximum atomic E-state index is 10.4. The molecule has 0 aliphatic rings. The van der Waals surface area contributed by atoms with Crippen molar-refractivity contribution >= 4 is 5.91 Å². The molecule has 0 aromatic heterocycles. The maximum absolute atomic E-state index is 10.4. The second-order valence-electron chi connectivity index (χ2n) is 2.21. The Hall–Kier alpha value is -1.09. The smallest absolute Gasteiger partial charge is 0.219 e. The van der Waals surface area contributed by atoms with Crippen molar-refractivity contribution in [3.63, 3.8) is 0 Å². The Balaban J connectivity index is 0. The van der Waals surface area contributed by atoms with Crippen LogP contribution in [0.25, 0.3) is 0 Å². The molecule has 0 saturated carbocycles. The second-order valence-corrected chi connectivity index (χ2v) is 2.21. The van der Waals surface area contributed by atoms with Crippen LogP contribution in [0.1, 0.15) is 6.92 Å². The van der Waals surface area contributed by atoms with Gasteiger partial charge in [0.2, 0.25) is 5.91 Å². The molecule has 0 aliphatic heterocycles. The van der Waals surface area contributed by atoms with Crippen LogP contribution in [-0.2, 0) is 4.79 Å². The van der Waals surface area contributed by atoms with Gasteiger partial charge in [-0.25, -0.2) is 0 Å². The van der Waals surface area contributed by atoms with Gasteiger partial charge in [-0.1, -0.05) is 12.2 Å². The molecule has 2 N–H and O–H groups in total. The number of carbonyl (C=O) groups excluding carboxylic acids is 1. The molecule has 0 fully saturated rings. The number of nitrogens with two attached hydrogens (primary N) is 1. The second kappa shape index (κ2) is 9.91. The lowest BCUT2D eigenvalue weighted by Gasteiger charge is -2.09. The summed E-state index contributed by atoms with van der Waals surface area (Å²) >= 11 is 0. The first-order valence-electron chi connectivity index (χ1n) is 3.73. The molecule has 0 heterocycles. The summed E-state index contributed by atoms with van der Waals surface area (Å²) in [6, 6.07) is 0. The third-order valence-electron chi connectivity index (χ3n) is 1.11. The van der Waals surface area contributed by atoms with Crippen molar-refractivity contribution in [1.29, 1.82) is 0 Å². The highest BCUT2D eigenvalue weighted by molar-refractivity contribution is 5.72. The summed E-state index contributed by atoms with van der Waals surface area (Å²) in [5.74, 6) is 0.0740. The molecular formula is C9H18N2O. The molecule has 0 aliphatic carbocycles. The molecule has 3 heteroatoms. The van der Waals surface area contributed by atoms with Gasteiger partial charge in [0, 0.05) is 27.1 Å². The number of likely N-dealkylation sites (N-methyl/N-ethyl adjacent to an activating group) is 1. The predicted octanol–water partition coefficient (Wildman–Crippen LogP) is 0.782. The van der Waals surface area contributed by atoms with Gasteiger partial charge in [0.15, 0.2) is 0 Å². The molecule has 0 rings (SSSR count). The lowest BCUT2D eigenvalue weighted by Crippen LogP contribution is -2.23. The minimum Gasteiger partial charge on any atom is -0.342 e. The Morgan fingerprint density at radius 1 is 1.50 bits per heavy atom. The van der Waals surface area contributed by atoms with E-state index in [1.54, 1.807) is 24.1 Å². The number of amides is 1. The van der Waals surface area contributed by atoms with Crippen LogP contribution in [-0.4, -0.2) is 30.9 Å². The molecule has 0 aromatic rings. The number of nitrogens with zero attached hydrogens (tertiary/aromatic N) is 1. The SMILES string of the molecule is C=CCN.C=CCN(C)C(C)=O. The zero-order valence-electron chi connectivity index (χ0n) is 7.92. The van der Waals surface area contributed by atoms with Gasteiger partial charge in [0.05, 0.1) is 0 Å². The van der Waals surface area contributed by atoms with Crippen LogP contribution in [0.5, 0.6) is 0 Å². The minimum atomic E-state index is 0.0740. The molecule has 0 saturated heterocycles. The number of hydrogen-bond acceptors (Lipinski definition) is 2. The minimum absolute atomic E-state index is 0.0740. The maximum Gasteiger partial charge on any atom is 0.219 e. The fraction of sp³-hybridized carbons (Fsp3) is 0.444. The van der Waals surface area contributed by atoms with E-state index < -0.39 is 0 Å². The topological polar surface area (TPSA) is 46.3 Å². The first-order chi connectivity index (χ1) is 5.59. The molecule has 1 amide bonds. The van der Waals surface area contributed by atoms with Crippen molar-refractivity contribution in [2.75, 3.05) is 20.1 Å². The highest BCUT2D eigenvalue weighted by Gasteiger charge is 1.95. The van der Waals surface area contributed by atoms with Crippen molar-refractivity contribution in [2.45, 2.75) is 6.92 Å². The Bertz CT molecular complexity index is 143. The summed E-state index contributed by atoms with van der Waals surface area (Å²) in [4.78, 5) is 12.0. The van der Waals surface area contributed by atoms with Gasteiger partial charge in [0.1, 0.15) is 0 Å². The highest BCUT2D eigenvalue weighted by atomic mass is 16.2. The average molecular weight is 170 g/mol. The molecule has 0 radical (unpaired) electrons. The van der Waals surface area contributed by atoms with Gasteiger partial charge in [-0.15, -0.1) is 13.2 Å². The number of rotatable bonds is 3. The zero-order valence-corrected chi connectivity index (χ0v) is 7.92. The van der Waals surface area contributed by atoms with Crippen LogP contribution >= 0.6 is 0 Å². The highest BCUT2D eigenvalue weighted by Crippen LogP contribution is 1.80. The van der Waals surface area contributed by atoms with E-state index in [2.05, 4.69) is 13.2 Å². The predicted molar refractivity (Wildman–Crippen MR) is 52.8 cm³/mol. The summed E-state index contributed by atoms with van der Waals surface area (Å²) in [6.07, 6.45) is 3.35. The van der Waals surface area contributed by atoms with Crippen molar-refractivity contribution in [3.05, 3.63) is 25.3 Å². The number of hydrogen-bond donors (Lipinski definition) is 1. The van der Waals surface area contributed by atoms with Crippen LogP contribution in [0.4, 0.5) is 0 Å². The molecule has 70 valence electrons. The van der Waals surface area contributed by atoms with Crippen LogP contribution < -0.4 is 5.73 Å². The summed E-state index contributed by atoms with van der Waals surface area (Å²) in [5, 5.41) is 0. The molecule has 3 nitrogen and oxygen atoms in total. The van der Waals surface area contributed by atoms with E-state index in [9.17, 15) is 4.79 Å². The van der Waals surface area contributed by atoms with Gasteiger partial charge in [-0.2, -0.15) is 0 Å². The molecule has 0 atom stereocenters. The van der Waals surface area contributed by atoms with Crippen molar-refractivity contribution in [1.82, 2.24) is 4.90 Å². The summed E-state index contributed by atoms with van der Waals surface area (Å²) < 4.78 is 0. The van der Waals surface area contributed by atoms with E-state index in [0.29, 0.717) is 13.1 Å². The lowest BCUT2D eigenvalue weighted by molar-refractivity contribution is -0.127. The van der Waals surface area contributed by atoms with Gasteiger partial charge < -0.3 is 10.6 Å². The van der Waals surface area contributed by atoms with Gasteiger partial charge >= 0.3 is 0 Å². The molecule has 0 spiro atoms. The third kappa shape index (κ3) is 11.7. The fourth-order valence-corrected chi connectivity index (χ4v) is 0.322. The Labute approximate surface area is 74.5 Å². The largest absolute Gasteiger partial charge is 0.342 e. The molecule has 0 aromatic carbocycles. The van der Waals surface area contributed by atoms with Gasteiger partial charge in [-0.05, 0) is 0 Å². The summed E-state index contributed by atoms with van der Waals surface area (Å²) in [7, 11) is 1.74. The summed E-state index contributed by atoms with van der Waals surface area (Å²) in [5.41, 5.74) is 4.91. The van der Waals surface area contributed by atoms with Gasteiger partial charge in [0.25, 0.3) is 0 Å². The van der Waals surface area contributed by atoms with E-state index in [1.807, 2.05) is 0 Å². The van der Waals surface area contributed by atoms with Crippen molar-refractivity contribution in [2.24, 2.45) is 5.73 Å². The zero-order chi connectivity index (χ0) is 9.98. The molecule has 12 heavy (non-hydrogen) atoms. The van der Waals surface area contributed by atoms with Crippen molar-refractivity contribution in [3.8, 4) is 0 Å². The van der Waals surface area contributed by atoms with E-state index in [0.717, 1.165) is 0 Å². The van der Waals surface area contributed by atoms with E-state index in [1.165, 1.54) is 6.92 Å². The molecule has 0 bridgehead atoms. The fourth-order valence-electron chi connectivity index (χ4n) is 0.322. The van der Waals surface area contributed by atoms with E-state index in [-0.39, 0.29) is 5.91 Å². The Morgan fingerprint density at radius 2 is 1.92 bits per heavy atom. The normalized spacial score (nSPS) is 7.58. The van der Waals surface area contributed by atoms with Crippen LogP contribution in [0.15, 0.2) is 25.3 Å². The molecule has 0 unspecified atom stereocenters. The third-order valence-corrected chi connectivity index (χ3v) is 1.11. The number of carbonyl (C=O) groups is 1. The Kier molecular flexibility index (Phi) is 11.1. The first-order valence-corrected chi connectivity index (χ1v) is 3.73. The van der Waals surface area contributed by atoms with E-state index in [4.69, 9.17) is 5.73 Å². The van der Waals surface area contributed by atoms with Crippen molar-refractivity contribution < 1.29 is 4.79 Å². The summed E-state index contributed by atoms with van der Waals surface area (Å²) in [6.45, 7) is 9.59. The quantitative estimate of drug-likeness (QED) is 0.636. The Morgan fingerprint density at radius 3 is 2.00 bits per heavy atom. The average Bonchev–Trinajstić information content (AvgIpc) is 2.05. The standard InChI is InChI=1S/C6H11NO.C3H7N/c1-4-5-7(3)6(2)8;1-2-3-4/h4H,1,5H2,2-3H3;2H,1,3-4H2.